The zero-order valence-electron chi connectivity index (χ0n) is 12.2. The van der Waals surface area contributed by atoms with Gasteiger partial charge in [-0.15, -0.1) is 0 Å². The second kappa shape index (κ2) is 7.25. The van der Waals surface area contributed by atoms with Gasteiger partial charge in [-0.05, 0) is 44.1 Å². The average Bonchev–Trinajstić information content (AvgIpc) is 2.93. The molecule has 1 unspecified atom stereocenters. The quantitative estimate of drug-likeness (QED) is 0.773. The Balaban J connectivity index is 1.79. The van der Waals surface area contributed by atoms with Gasteiger partial charge in [-0.2, -0.15) is 0 Å². The second-order valence-corrected chi connectivity index (χ2v) is 6.17. The highest BCUT2D eigenvalue weighted by molar-refractivity contribution is 5.81. The fourth-order valence-corrected chi connectivity index (χ4v) is 3.43. The van der Waals surface area contributed by atoms with E-state index in [1.54, 1.807) is 7.11 Å². The van der Waals surface area contributed by atoms with Gasteiger partial charge in [0.05, 0.1) is 6.04 Å². The van der Waals surface area contributed by atoms with Crippen molar-refractivity contribution >= 4 is 5.91 Å². The van der Waals surface area contributed by atoms with E-state index in [4.69, 9.17) is 4.74 Å². The highest BCUT2D eigenvalue weighted by Crippen LogP contribution is 2.40. The molecule has 1 saturated carbocycles. The van der Waals surface area contributed by atoms with Gasteiger partial charge >= 0.3 is 0 Å². The highest BCUT2D eigenvalue weighted by Gasteiger charge is 2.34. The molecular weight excluding hydrogens is 240 g/mol. The minimum Gasteiger partial charge on any atom is -0.385 e. The van der Waals surface area contributed by atoms with Gasteiger partial charge in [0.2, 0.25) is 5.91 Å². The number of carbonyl (C=O) groups excluding carboxylic acids is 1. The lowest BCUT2D eigenvalue weighted by Crippen LogP contribution is -2.49. The standard InChI is InChI=1S/C15H28N2O2/c1-19-11-9-15(7-3-4-8-15)12-17-14(18)13-6-2-5-10-16-13/h13,16H,2-12H2,1H3,(H,17,18). The molecule has 1 aliphatic heterocycles. The fourth-order valence-electron chi connectivity index (χ4n) is 3.43. The van der Waals surface area contributed by atoms with Crippen LogP contribution in [0.4, 0.5) is 0 Å². The van der Waals surface area contributed by atoms with Crippen molar-refractivity contribution in [1.82, 2.24) is 10.6 Å². The van der Waals surface area contributed by atoms with Gasteiger partial charge in [0, 0.05) is 20.3 Å². The van der Waals surface area contributed by atoms with Gasteiger partial charge < -0.3 is 15.4 Å². The molecule has 0 bridgehead atoms. The molecule has 0 aromatic rings. The lowest BCUT2D eigenvalue weighted by atomic mass is 9.83. The summed E-state index contributed by atoms with van der Waals surface area (Å²) in [6.07, 6.45) is 9.46. The summed E-state index contributed by atoms with van der Waals surface area (Å²) in [6.45, 7) is 2.61. The zero-order valence-corrected chi connectivity index (χ0v) is 12.2. The van der Waals surface area contributed by atoms with Crippen LogP contribution in [-0.2, 0) is 9.53 Å². The van der Waals surface area contributed by atoms with Crippen LogP contribution in [0.2, 0.25) is 0 Å². The summed E-state index contributed by atoms with van der Waals surface area (Å²) in [5.74, 6) is 0.198. The lowest BCUT2D eigenvalue weighted by molar-refractivity contribution is -0.124. The monoisotopic (exact) mass is 268 g/mol. The zero-order chi connectivity index (χ0) is 13.6. The molecule has 1 aliphatic carbocycles. The number of rotatable bonds is 6. The van der Waals surface area contributed by atoms with Crippen LogP contribution in [0.25, 0.3) is 0 Å². The molecule has 19 heavy (non-hydrogen) atoms. The lowest BCUT2D eigenvalue weighted by Gasteiger charge is -2.30. The van der Waals surface area contributed by atoms with E-state index in [-0.39, 0.29) is 11.9 Å². The van der Waals surface area contributed by atoms with Crippen molar-refractivity contribution in [2.24, 2.45) is 5.41 Å². The average molecular weight is 268 g/mol. The Morgan fingerprint density at radius 1 is 1.32 bits per heavy atom. The Kier molecular flexibility index (Phi) is 5.64. The second-order valence-electron chi connectivity index (χ2n) is 6.17. The summed E-state index contributed by atoms with van der Waals surface area (Å²) in [5.41, 5.74) is 0.292. The predicted octanol–water partition coefficient (Wildman–Crippen LogP) is 1.84. The van der Waals surface area contributed by atoms with Crippen molar-refractivity contribution in [3.63, 3.8) is 0 Å². The van der Waals surface area contributed by atoms with Crippen molar-refractivity contribution in [1.29, 1.82) is 0 Å². The molecule has 1 amide bonds. The van der Waals surface area contributed by atoms with Gasteiger partial charge in [0.1, 0.15) is 0 Å². The molecule has 1 atom stereocenters. The number of nitrogens with one attached hydrogen (secondary N) is 2. The van der Waals surface area contributed by atoms with Crippen molar-refractivity contribution in [2.75, 3.05) is 26.8 Å². The van der Waals surface area contributed by atoms with Crippen LogP contribution in [0.3, 0.4) is 0 Å². The van der Waals surface area contributed by atoms with E-state index in [1.165, 1.54) is 38.5 Å². The SMILES string of the molecule is COCCC1(CNC(=O)C2CCCCN2)CCCC1. The summed E-state index contributed by atoms with van der Waals surface area (Å²) in [7, 11) is 1.76. The number of amides is 1. The van der Waals surface area contributed by atoms with Crippen molar-refractivity contribution in [3.8, 4) is 0 Å². The van der Waals surface area contributed by atoms with E-state index >= 15 is 0 Å². The molecule has 110 valence electrons. The first-order valence-electron chi connectivity index (χ1n) is 7.76. The number of carbonyl (C=O) groups is 1. The van der Waals surface area contributed by atoms with Gasteiger partial charge in [-0.25, -0.2) is 0 Å². The number of ether oxygens (including phenoxy) is 1. The Labute approximate surface area is 116 Å². The molecule has 1 heterocycles. The normalized spacial score (nSPS) is 26.3. The Morgan fingerprint density at radius 2 is 2.11 bits per heavy atom. The van der Waals surface area contributed by atoms with Crippen molar-refractivity contribution in [3.05, 3.63) is 0 Å². The first-order chi connectivity index (χ1) is 9.26. The molecule has 2 fully saturated rings. The Bertz CT molecular complexity index is 282. The Morgan fingerprint density at radius 3 is 2.74 bits per heavy atom. The molecule has 4 heteroatoms. The van der Waals surface area contributed by atoms with E-state index in [1.807, 2.05) is 0 Å². The number of hydrogen-bond acceptors (Lipinski definition) is 3. The van der Waals surface area contributed by atoms with Crippen LogP contribution in [0.1, 0.15) is 51.4 Å². The summed E-state index contributed by atoms with van der Waals surface area (Å²) < 4.78 is 5.23. The topological polar surface area (TPSA) is 50.4 Å². The molecule has 1 saturated heterocycles. The highest BCUT2D eigenvalue weighted by atomic mass is 16.5. The molecular formula is C15H28N2O2. The minimum atomic E-state index is 0.0367. The molecule has 2 aliphatic rings. The molecule has 0 radical (unpaired) electrons. The van der Waals surface area contributed by atoms with Crippen LogP contribution in [0, 0.1) is 5.41 Å². The third-order valence-corrected chi connectivity index (χ3v) is 4.77. The number of hydrogen-bond donors (Lipinski definition) is 2. The van der Waals surface area contributed by atoms with Crippen LogP contribution in [0.15, 0.2) is 0 Å². The van der Waals surface area contributed by atoms with Crippen LogP contribution in [0.5, 0.6) is 0 Å². The molecule has 0 aromatic carbocycles. The van der Waals surface area contributed by atoms with Crippen LogP contribution < -0.4 is 10.6 Å². The van der Waals surface area contributed by atoms with Gasteiger partial charge in [0.25, 0.3) is 0 Å². The maximum atomic E-state index is 12.2. The van der Waals surface area contributed by atoms with Crippen LogP contribution in [-0.4, -0.2) is 38.8 Å². The van der Waals surface area contributed by atoms with Gasteiger partial charge in [-0.3, -0.25) is 4.79 Å². The van der Waals surface area contributed by atoms with E-state index in [9.17, 15) is 4.79 Å². The number of methoxy groups -OCH3 is 1. The predicted molar refractivity (Wildman–Crippen MR) is 76.0 cm³/mol. The van der Waals surface area contributed by atoms with Crippen molar-refractivity contribution < 1.29 is 9.53 Å². The summed E-state index contributed by atoms with van der Waals surface area (Å²) >= 11 is 0. The summed E-state index contributed by atoms with van der Waals surface area (Å²) in [6, 6.07) is 0.0367. The van der Waals surface area contributed by atoms with E-state index in [0.29, 0.717) is 5.41 Å². The van der Waals surface area contributed by atoms with E-state index in [2.05, 4.69) is 10.6 Å². The van der Waals surface area contributed by atoms with Gasteiger partial charge in [0.15, 0.2) is 0 Å². The summed E-state index contributed by atoms with van der Waals surface area (Å²) in [5, 5.41) is 6.50. The first-order valence-corrected chi connectivity index (χ1v) is 7.76. The Hall–Kier alpha value is -0.610. The van der Waals surface area contributed by atoms with E-state index < -0.39 is 0 Å². The third kappa shape index (κ3) is 4.18. The molecule has 0 aromatic heterocycles. The minimum absolute atomic E-state index is 0.0367. The smallest absolute Gasteiger partial charge is 0.237 e. The van der Waals surface area contributed by atoms with E-state index in [0.717, 1.165) is 32.5 Å². The third-order valence-electron chi connectivity index (χ3n) is 4.77. The first kappa shape index (κ1) is 14.8. The number of piperidine rings is 1. The molecule has 0 spiro atoms. The van der Waals surface area contributed by atoms with Crippen molar-refractivity contribution in [2.45, 2.75) is 57.4 Å². The van der Waals surface area contributed by atoms with Crippen LogP contribution >= 0.6 is 0 Å². The molecule has 2 rings (SSSR count). The maximum absolute atomic E-state index is 12.2. The largest absolute Gasteiger partial charge is 0.385 e. The molecule has 2 N–H and O–H groups in total. The maximum Gasteiger partial charge on any atom is 0.237 e. The molecule has 4 nitrogen and oxygen atoms in total. The fraction of sp³-hybridized carbons (Fsp3) is 0.933. The summed E-state index contributed by atoms with van der Waals surface area (Å²) in [4.78, 5) is 12.2. The van der Waals surface area contributed by atoms with Gasteiger partial charge in [-0.1, -0.05) is 19.3 Å².